The number of alkyl halides is 2. The number of thioether (sulfide) groups is 1. The zero-order chi connectivity index (χ0) is 15.8. The van der Waals surface area contributed by atoms with E-state index in [1.165, 1.54) is 0 Å². The van der Waals surface area contributed by atoms with Crippen molar-refractivity contribution in [2.45, 2.75) is 43.9 Å². The van der Waals surface area contributed by atoms with Crippen molar-refractivity contribution in [2.75, 3.05) is 11.9 Å². The first-order valence-corrected chi connectivity index (χ1v) is 7.86. The summed E-state index contributed by atoms with van der Waals surface area (Å²) in [7, 11) is 0. The van der Waals surface area contributed by atoms with E-state index in [0.29, 0.717) is 34.8 Å². The van der Waals surface area contributed by atoms with E-state index in [2.05, 4.69) is 24.5 Å². The summed E-state index contributed by atoms with van der Waals surface area (Å²) in [6.45, 7) is 6.52. The molecular weight excluding hydrogens is 294 g/mol. The van der Waals surface area contributed by atoms with Crippen LogP contribution in [0.3, 0.4) is 0 Å². The fourth-order valence-corrected chi connectivity index (χ4v) is 2.32. The van der Waals surface area contributed by atoms with E-state index in [1.54, 1.807) is 31.2 Å². The zero-order valence-electron chi connectivity index (χ0n) is 12.5. The number of carbonyl (C=O) groups excluding carboxylic acids is 1. The summed E-state index contributed by atoms with van der Waals surface area (Å²) in [5.74, 6) is -2.09. The van der Waals surface area contributed by atoms with Crippen LogP contribution in [0.15, 0.2) is 29.2 Å². The van der Waals surface area contributed by atoms with Crippen LogP contribution >= 0.6 is 11.8 Å². The van der Waals surface area contributed by atoms with E-state index >= 15 is 0 Å². The number of rotatable bonds is 8. The quantitative estimate of drug-likeness (QED) is 0.713. The molecule has 0 heterocycles. The van der Waals surface area contributed by atoms with Crippen molar-refractivity contribution in [3.8, 4) is 0 Å². The first-order valence-electron chi connectivity index (χ1n) is 6.98. The van der Waals surface area contributed by atoms with Gasteiger partial charge in [0.25, 0.3) is 5.76 Å². The minimum Gasteiger partial charge on any atom is -0.373 e. The van der Waals surface area contributed by atoms with Crippen LogP contribution in [0.1, 0.15) is 27.2 Å². The molecule has 0 bridgehead atoms. The van der Waals surface area contributed by atoms with Crippen molar-refractivity contribution in [1.29, 1.82) is 0 Å². The number of halogens is 2. The van der Waals surface area contributed by atoms with E-state index in [-0.39, 0.29) is 5.91 Å². The molecule has 0 saturated carbocycles. The maximum absolute atomic E-state index is 12.5. The predicted molar refractivity (Wildman–Crippen MR) is 83.9 cm³/mol. The molecule has 0 spiro atoms. The second-order valence-electron chi connectivity index (χ2n) is 5.21. The van der Waals surface area contributed by atoms with Crippen molar-refractivity contribution in [3.63, 3.8) is 0 Å². The Labute approximate surface area is 128 Å². The molecule has 0 aliphatic carbocycles. The average molecular weight is 316 g/mol. The monoisotopic (exact) mass is 316 g/mol. The molecule has 0 aliphatic rings. The molecule has 1 aromatic rings. The highest BCUT2D eigenvalue weighted by Gasteiger charge is 2.15. The number of hydrogen-bond donors (Lipinski definition) is 2. The summed E-state index contributed by atoms with van der Waals surface area (Å²) in [4.78, 5) is 12.4. The van der Waals surface area contributed by atoms with Gasteiger partial charge in [0.15, 0.2) is 0 Å². The van der Waals surface area contributed by atoms with Gasteiger partial charge in [0.2, 0.25) is 5.91 Å². The summed E-state index contributed by atoms with van der Waals surface area (Å²) in [6, 6.07) is 6.28. The predicted octanol–water partition coefficient (Wildman–Crippen LogP) is 3.96. The first-order chi connectivity index (χ1) is 9.90. The van der Waals surface area contributed by atoms with Gasteiger partial charge in [0, 0.05) is 17.1 Å². The molecule has 0 saturated heterocycles. The normalized spacial score (nSPS) is 12.5. The summed E-state index contributed by atoms with van der Waals surface area (Å²) >= 11 is 0.473. The largest absolute Gasteiger partial charge is 0.373 e. The average Bonchev–Trinajstić information content (AvgIpc) is 2.39. The summed E-state index contributed by atoms with van der Waals surface area (Å²) < 4.78 is 25.0. The van der Waals surface area contributed by atoms with Gasteiger partial charge in [-0.15, -0.1) is 0 Å². The van der Waals surface area contributed by atoms with E-state index in [9.17, 15) is 13.6 Å². The minimum absolute atomic E-state index is 0.132. The van der Waals surface area contributed by atoms with Crippen LogP contribution in [0.2, 0.25) is 0 Å². The number of anilines is 1. The Morgan fingerprint density at radius 2 is 1.90 bits per heavy atom. The minimum atomic E-state index is -2.48. The lowest BCUT2D eigenvalue weighted by molar-refractivity contribution is -0.121. The van der Waals surface area contributed by atoms with Crippen molar-refractivity contribution < 1.29 is 13.6 Å². The number of carbonyl (C=O) groups is 1. The smallest absolute Gasteiger partial charge is 0.288 e. The van der Waals surface area contributed by atoms with Gasteiger partial charge in [0.05, 0.1) is 0 Å². The molecule has 6 heteroatoms. The topological polar surface area (TPSA) is 41.1 Å². The van der Waals surface area contributed by atoms with Gasteiger partial charge in [-0.1, -0.05) is 37.7 Å². The van der Waals surface area contributed by atoms with Gasteiger partial charge in [0.1, 0.15) is 6.04 Å². The van der Waals surface area contributed by atoms with Crippen molar-refractivity contribution >= 4 is 23.4 Å². The van der Waals surface area contributed by atoms with Crippen LogP contribution in [-0.2, 0) is 4.79 Å². The Kier molecular flexibility index (Phi) is 7.50. The van der Waals surface area contributed by atoms with E-state index in [0.717, 1.165) is 6.42 Å². The Hall–Kier alpha value is -1.30. The van der Waals surface area contributed by atoms with Gasteiger partial charge >= 0.3 is 0 Å². The first kappa shape index (κ1) is 17.8. The Balaban J connectivity index is 2.57. The molecule has 1 unspecified atom stereocenters. The molecule has 0 aromatic heterocycles. The number of hydrogen-bond acceptors (Lipinski definition) is 3. The fourth-order valence-electron chi connectivity index (χ4n) is 1.72. The maximum Gasteiger partial charge on any atom is 0.288 e. The molecule has 1 amide bonds. The van der Waals surface area contributed by atoms with Gasteiger partial charge in [-0.05, 0) is 31.4 Å². The molecule has 1 aromatic carbocycles. The van der Waals surface area contributed by atoms with Gasteiger partial charge < -0.3 is 10.6 Å². The molecule has 1 atom stereocenters. The summed E-state index contributed by atoms with van der Waals surface area (Å²) in [5.41, 5.74) is 0.550. The van der Waals surface area contributed by atoms with Crippen LogP contribution < -0.4 is 10.6 Å². The van der Waals surface area contributed by atoms with Crippen LogP contribution in [0, 0.1) is 5.92 Å². The van der Waals surface area contributed by atoms with E-state index in [1.807, 2.05) is 0 Å². The third-order valence-electron chi connectivity index (χ3n) is 2.89. The highest BCUT2D eigenvalue weighted by molar-refractivity contribution is 7.99. The lowest BCUT2D eigenvalue weighted by Crippen LogP contribution is -2.38. The Morgan fingerprint density at radius 1 is 1.24 bits per heavy atom. The highest BCUT2D eigenvalue weighted by atomic mass is 32.2. The lowest BCUT2D eigenvalue weighted by Gasteiger charge is -2.18. The number of nitrogens with one attached hydrogen (secondary N) is 2. The number of benzene rings is 1. The standard InChI is InChI=1S/C15H22F2N2OS/c1-10(2)8-9-18-14(20)11(3)19-12-6-4-5-7-13(12)21-15(16)17/h4-7,10-11,15,19H,8-9H2,1-3H3,(H,18,20). The molecule has 2 N–H and O–H groups in total. The summed E-state index contributed by atoms with van der Waals surface area (Å²) in [5, 5.41) is 5.83. The lowest BCUT2D eigenvalue weighted by atomic mass is 10.1. The van der Waals surface area contributed by atoms with Crippen LogP contribution in [0.25, 0.3) is 0 Å². The van der Waals surface area contributed by atoms with Crippen molar-refractivity contribution in [2.24, 2.45) is 5.92 Å². The molecule has 21 heavy (non-hydrogen) atoms. The molecule has 118 valence electrons. The highest BCUT2D eigenvalue weighted by Crippen LogP contribution is 2.31. The van der Waals surface area contributed by atoms with Crippen LogP contribution in [-0.4, -0.2) is 24.3 Å². The third-order valence-corrected chi connectivity index (χ3v) is 3.68. The fraction of sp³-hybridized carbons (Fsp3) is 0.533. The maximum atomic E-state index is 12.5. The molecule has 0 aliphatic heterocycles. The van der Waals surface area contributed by atoms with E-state index in [4.69, 9.17) is 0 Å². The van der Waals surface area contributed by atoms with Gasteiger partial charge in [-0.25, -0.2) is 0 Å². The van der Waals surface area contributed by atoms with Crippen LogP contribution in [0.4, 0.5) is 14.5 Å². The summed E-state index contributed by atoms with van der Waals surface area (Å²) in [6.07, 6.45) is 0.913. The Bertz CT molecular complexity index is 455. The molecule has 1 rings (SSSR count). The third kappa shape index (κ3) is 6.80. The Morgan fingerprint density at radius 3 is 2.52 bits per heavy atom. The molecule has 3 nitrogen and oxygen atoms in total. The van der Waals surface area contributed by atoms with Crippen molar-refractivity contribution in [3.05, 3.63) is 24.3 Å². The molecule has 0 fully saturated rings. The molecular formula is C15H22F2N2OS. The van der Waals surface area contributed by atoms with Gasteiger partial charge in [-0.3, -0.25) is 4.79 Å². The second-order valence-corrected chi connectivity index (χ2v) is 6.25. The van der Waals surface area contributed by atoms with E-state index < -0.39 is 11.8 Å². The second kappa shape index (κ2) is 8.87. The number of amides is 1. The molecule has 0 radical (unpaired) electrons. The van der Waals surface area contributed by atoms with Crippen molar-refractivity contribution in [1.82, 2.24) is 5.32 Å². The zero-order valence-corrected chi connectivity index (χ0v) is 13.3. The number of para-hydroxylation sites is 1. The van der Waals surface area contributed by atoms with Gasteiger partial charge in [-0.2, -0.15) is 8.78 Å². The van der Waals surface area contributed by atoms with Crippen LogP contribution in [0.5, 0.6) is 0 Å². The SMILES string of the molecule is CC(C)CCNC(=O)C(C)Nc1ccccc1SC(F)F.